The molecule has 0 aliphatic heterocycles. The summed E-state index contributed by atoms with van der Waals surface area (Å²) in [5.74, 6) is 1.52. The first-order valence-corrected chi connectivity index (χ1v) is 4.38. The quantitative estimate of drug-likeness (QED) is 0.593. The van der Waals surface area contributed by atoms with Crippen LogP contribution in [0.1, 0.15) is 20.8 Å². The van der Waals surface area contributed by atoms with Crippen LogP contribution in [-0.2, 0) is 4.74 Å². The largest absolute Gasteiger partial charge is 0.383 e. The molecule has 0 heterocycles. The number of methoxy groups -OCH3 is 1. The molecule has 0 radical (unpaired) electrons. The molecule has 0 saturated heterocycles. The van der Waals surface area contributed by atoms with Crippen LogP contribution < -0.4 is 5.32 Å². The highest BCUT2D eigenvalue weighted by molar-refractivity contribution is 4.59. The zero-order chi connectivity index (χ0) is 8.69. The summed E-state index contributed by atoms with van der Waals surface area (Å²) in [6.07, 6.45) is 0. The molecule has 1 atom stereocenters. The lowest BCUT2D eigenvalue weighted by Gasteiger charge is -2.15. The molecule has 0 aromatic carbocycles. The Hall–Kier alpha value is -0.0800. The molecule has 0 fully saturated rings. The first-order valence-electron chi connectivity index (χ1n) is 4.38. The molecule has 2 heteroatoms. The molecule has 0 aromatic heterocycles. The SMILES string of the molecule is COCCNCC(C)C(C)C. The van der Waals surface area contributed by atoms with Gasteiger partial charge in [0, 0.05) is 13.7 Å². The summed E-state index contributed by atoms with van der Waals surface area (Å²) in [6, 6.07) is 0. The molecule has 0 aliphatic carbocycles. The molecule has 0 bridgehead atoms. The number of rotatable bonds is 6. The van der Waals surface area contributed by atoms with Crippen LogP contribution in [0.4, 0.5) is 0 Å². The summed E-state index contributed by atoms with van der Waals surface area (Å²) in [7, 11) is 1.73. The molecular formula is C9H21NO. The molecule has 0 aliphatic rings. The summed E-state index contributed by atoms with van der Waals surface area (Å²) in [4.78, 5) is 0. The van der Waals surface area contributed by atoms with Gasteiger partial charge in [-0.3, -0.25) is 0 Å². The Kier molecular flexibility index (Phi) is 6.57. The highest BCUT2D eigenvalue weighted by atomic mass is 16.5. The number of ether oxygens (including phenoxy) is 1. The summed E-state index contributed by atoms with van der Waals surface area (Å²) < 4.78 is 4.92. The van der Waals surface area contributed by atoms with E-state index in [4.69, 9.17) is 4.74 Å². The van der Waals surface area contributed by atoms with Crippen LogP contribution in [0.2, 0.25) is 0 Å². The van der Waals surface area contributed by atoms with E-state index in [1.807, 2.05) is 0 Å². The number of hydrogen-bond donors (Lipinski definition) is 1. The van der Waals surface area contributed by atoms with E-state index in [9.17, 15) is 0 Å². The standard InChI is InChI=1S/C9H21NO/c1-8(2)9(3)7-10-5-6-11-4/h8-10H,5-7H2,1-4H3. The smallest absolute Gasteiger partial charge is 0.0587 e. The van der Waals surface area contributed by atoms with Gasteiger partial charge in [-0.15, -0.1) is 0 Å². The second-order valence-electron chi connectivity index (χ2n) is 3.42. The maximum atomic E-state index is 4.92. The van der Waals surface area contributed by atoms with Crippen molar-refractivity contribution in [3.05, 3.63) is 0 Å². The second-order valence-corrected chi connectivity index (χ2v) is 3.42. The van der Waals surface area contributed by atoms with Gasteiger partial charge in [0.1, 0.15) is 0 Å². The van der Waals surface area contributed by atoms with Gasteiger partial charge in [0.05, 0.1) is 6.61 Å². The third-order valence-corrected chi connectivity index (χ3v) is 2.09. The van der Waals surface area contributed by atoms with Crippen LogP contribution >= 0.6 is 0 Å². The van der Waals surface area contributed by atoms with Crippen molar-refractivity contribution in [2.75, 3.05) is 26.8 Å². The van der Waals surface area contributed by atoms with Crippen LogP contribution in [0.3, 0.4) is 0 Å². The fourth-order valence-corrected chi connectivity index (χ4v) is 0.740. The highest BCUT2D eigenvalue weighted by Gasteiger charge is 2.04. The summed E-state index contributed by atoms with van der Waals surface area (Å²) in [6.45, 7) is 9.65. The Labute approximate surface area is 70.3 Å². The molecule has 0 saturated carbocycles. The van der Waals surface area contributed by atoms with Gasteiger partial charge >= 0.3 is 0 Å². The predicted octanol–water partition coefficient (Wildman–Crippen LogP) is 1.51. The molecule has 1 N–H and O–H groups in total. The molecule has 0 spiro atoms. The van der Waals surface area contributed by atoms with Gasteiger partial charge in [-0.1, -0.05) is 20.8 Å². The molecule has 2 nitrogen and oxygen atoms in total. The zero-order valence-corrected chi connectivity index (χ0v) is 8.18. The lowest BCUT2D eigenvalue weighted by molar-refractivity contribution is 0.197. The third-order valence-electron chi connectivity index (χ3n) is 2.09. The van der Waals surface area contributed by atoms with Gasteiger partial charge < -0.3 is 10.1 Å². The van der Waals surface area contributed by atoms with E-state index in [0.29, 0.717) is 0 Å². The zero-order valence-electron chi connectivity index (χ0n) is 8.18. The molecule has 68 valence electrons. The van der Waals surface area contributed by atoms with Crippen molar-refractivity contribution in [2.24, 2.45) is 11.8 Å². The van der Waals surface area contributed by atoms with Crippen LogP contribution in [-0.4, -0.2) is 26.8 Å². The van der Waals surface area contributed by atoms with Crippen molar-refractivity contribution < 1.29 is 4.74 Å². The third kappa shape index (κ3) is 6.32. The predicted molar refractivity (Wildman–Crippen MR) is 48.7 cm³/mol. The van der Waals surface area contributed by atoms with E-state index in [2.05, 4.69) is 26.1 Å². The van der Waals surface area contributed by atoms with E-state index in [-0.39, 0.29) is 0 Å². The van der Waals surface area contributed by atoms with Gasteiger partial charge in [0.15, 0.2) is 0 Å². The van der Waals surface area contributed by atoms with Crippen molar-refractivity contribution in [2.45, 2.75) is 20.8 Å². The average Bonchev–Trinajstić information content (AvgIpc) is 1.97. The Morgan fingerprint density at radius 2 is 1.91 bits per heavy atom. The second kappa shape index (κ2) is 6.62. The van der Waals surface area contributed by atoms with E-state index >= 15 is 0 Å². The fourth-order valence-electron chi connectivity index (χ4n) is 0.740. The monoisotopic (exact) mass is 159 g/mol. The molecule has 0 aromatic rings. The minimum Gasteiger partial charge on any atom is -0.383 e. The van der Waals surface area contributed by atoms with Gasteiger partial charge in [-0.25, -0.2) is 0 Å². The van der Waals surface area contributed by atoms with Gasteiger partial charge in [-0.2, -0.15) is 0 Å². The normalized spacial score (nSPS) is 13.9. The Balaban J connectivity index is 3.10. The van der Waals surface area contributed by atoms with Crippen molar-refractivity contribution in [1.29, 1.82) is 0 Å². The Bertz CT molecular complexity index is 83.6. The van der Waals surface area contributed by atoms with Crippen molar-refractivity contribution in [3.63, 3.8) is 0 Å². The van der Waals surface area contributed by atoms with Crippen molar-refractivity contribution in [3.8, 4) is 0 Å². The summed E-state index contributed by atoms with van der Waals surface area (Å²) in [5, 5.41) is 3.34. The molecule has 0 rings (SSSR count). The van der Waals surface area contributed by atoms with Crippen LogP contribution in [0, 0.1) is 11.8 Å². The Morgan fingerprint density at radius 1 is 1.27 bits per heavy atom. The lowest BCUT2D eigenvalue weighted by atomic mass is 9.98. The Morgan fingerprint density at radius 3 is 2.36 bits per heavy atom. The van der Waals surface area contributed by atoms with E-state index < -0.39 is 0 Å². The summed E-state index contributed by atoms with van der Waals surface area (Å²) in [5.41, 5.74) is 0. The molecule has 0 amide bonds. The number of hydrogen-bond acceptors (Lipinski definition) is 2. The van der Waals surface area contributed by atoms with Crippen molar-refractivity contribution in [1.82, 2.24) is 5.32 Å². The molecular weight excluding hydrogens is 138 g/mol. The number of nitrogens with one attached hydrogen (secondary N) is 1. The minimum atomic E-state index is 0.756. The summed E-state index contributed by atoms with van der Waals surface area (Å²) >= 11 is 0. The van der Waals surface area contributed by atoms with Crippen LogP contribution in [0.5, 0.6) is 0 Å². The lowest BCUT2D eigenvalue weighted by Crippen LogP contribution is -2.27. The van der Waals surface area contributed by atoms with Crippen LogP contribution in [0.15, 0.2) is 0 Å². The van der Waals surface area contributed by atoms with E-state index in [1.165, 1.54) is 0 Å². The van der Waals surface area contributed by atoms with E-state index in [1.54, 1.807) is 7.11 Å². The van der Waals surface area contributed by atoms with Crippen molar-refractivity contribution >= 4 is 0 Å². The maximum absolute atomic E-state index is 4.92. The average molecular weight is 159 g/mol. The van der Waals surface area contributed by atoms with Gasteiger partial charge in [-0.05, 0) is 18.4 Å². The van der Waals surface area contributed by atoms with Crippen LogP contribution in [0.25, 0.3) is 0 Å². The maximum Gasteiger partial charge on any atom is 0.0587 e. The molecule has 1 unspecified atom stereocenters. The first kappa shape index (κ1) is 10.9. The highest BCUT2D eigenvalue weighted by Crippen LogP contribution is 2.06. The fraction of sp³-hybridized carbons (Fsp3) is 1.00. The first-order chi connectivity index (χ1) is 5.18. The molecule has 11 heavy (non-hydrogen) atoms. The van der Waals surface area contributed by atoms with Gasteiger partial charge in [0.2, 0.25) is 0 Å². The minimum absolute atomic E-state index is 0.756. The van der Waals surface area contributed by atoms with E-state index in [0.717, 1.165) is 31.5 Å². The topological polar surface area (TPSA) is 21.3 Å². The van der Waals surface area contributed by atoms with Gasteiger partial charge in [0.25, 0.3) is 0 Å².